The summed E-state index contributed by atoms with van der Waals surface area (Å²) in [6.45, 7) is 2.68. The van der Waals surface area contributed by atoms with Gasteiger partial charge >= 0.3 is 0 Å². The Morgan fingerprint density at radius 3 is 2.56 bits per heavy atom. The molecule has 18 heavy (non-hydrogen) atoms. The maximum Gasteiger partial charge on any atom is 0.224 e. The molecule has 3 aliphatic rings. The van der Waals surface area contributed by atoms with Gasteiger partial charge in [-0.25, -0.2) is 0 Å². The zero-order chi connectivity index (χ0) is 12.7. The van der Waals surface area contributed by atoms with Gasteiger partial charge in [-0.15, -0.1) is 0 Å². The fourth-order valence-electron chi connectivity index (χ4n) is 3.87. The second kappa shape index (κ2) is 4.82. The zero-order valence-corrected chi connectivity index (χ0v) is 11.1. The standard InChI is InChI=1S/C14H24N2O2/c1-2-18-11-7-10(15)13(11)16-14(17)12-8-5-3-4-6-9(8)12/h8-13H,2-7,15H2,1H3,(H,16,17). The Hall–Kier alpha value is -0.610. The topological polar surface area (TPSA) is 64.3 Å². The maximum absolute atomic E-state index is 12.2. The van der Waals surface area contributed by atoms with E-state index >= 15 is 0 Å². The Kier molecular flexibility index (Phi) is 3.32. The van der Waals surface area contributed by atoms with Gasteiger partial charge < -0.3 is 15.8 Å². The fraction of sp³-hybridized carbons (Fsp3) is 0.929. The number of amides is 1. The van der Waals surface area contributed by atoms with Crippen LogP contribution in [0.1, 0.15) is 39.0 Å². The van der Waals surface area contributed by atoms with Gasteiger partial charge in [0.25, 0.3) is 0 Å². The van der Waals surface area contributed by atoms with Gasteiger partial charge in [0.05, 0.1) is 12.1 Å². The van der Waals surface area contributed by atoms with Crippen LogP contribution in [0.3, 0.4) is 0 Å². The lowest BCUT2D eigenvalue weighted by molar-refractivity contribution is -0.127. The van der Waals surface area contributed by atoms with Gasteiger partial charge in [0, 0.05) is 18.6 Å². The first-order valence-corrected chi connectivity index (χ1v) is 7.40. The van der Waals surface area contributed by atoms with E-state index in [0.717, 1.165) is 6.42 Å². The first-order chi connectivity index (χ1) is 8.72. The number of rotatable bonds is 4. The molecule has 0 saturated heterocycles. The average molecular weight is 252 g/mol. The zero-order valence-electron chi connectivity index (χ0n) is 11.1. The molecule has 5 atom stereocenters. The minimum absolute atomic E-state index is 0.0418. The lowest BCUT2D eigenvalue weighted by Crippen LogP contribution is -2.65. The van der Waals surface area contributed by atoms with Gasteiger partial charge in [-0.1, -0.05) is 12.8 Å². The van der Waals surface area contributed by atoms with E-state index in [1.54, 1.807) is 0 Å². The van der Waals surface area contributed by atoms with Crippen molar-refractivity contribution < 1.29 is 9.53 Å². The third-order valence-electron chi connectivity index (χ3n) is 5.02. The second-order valence-electron chi connectivity index (χ2n) is 6.07. The predicted molar refractivity (Wildman–Crippen MR) is 68.9 cm³/mol. The molecule has 1 amide bonds. The highest BCUT2D eigenvalue weighted by molar-refractivity contribution is 5.82. The number of hydrogen-bond donors (Lipinski definition) is 2. The first-order valence-electron chi connectivity index (χ1n) is 7.40. The molecule has 3 N–H and O–H groups in total. The first kappa shape index (κ1) is 12.4. The summed E-state index contributed by atoms with van der Waals surface area (Å²) in [6, 6.07) is 0.117. The van der Waals surface area contributed by atoms with Crippen LogP contribution in [0.15, 0.2) is 0 Å². The third kappa shape index (κ3) is 2.05. The monoisotopic (exact) mass is 252 g/mol. The summed E-state index contributed by atoms with van der Waals surface area (Å²) >= 11 is 0. The molecule has 0 aromatic heterocycles. The molecule has 0 bridgehead atoms. The van der Waals surface area contributed by atoms with Crippen LogP contribution in [-0.4, -0.2) is 30.7 Å². The number of carbonyl (C=O) groups excluding carboxylic acids is 1. The van der Waals surface area contributed by atoms with Crippen LogP contribution in [0.2, 0.25) is 0 Å². The summed E-state index contributed by atoms with van der Waals surface area (Å²) in [6.07, 6.45) is 6.10. The number of nitrogens with one attached hydrogen (secondary N) is 1. The van der Waals surface area contributed by atoms with E-state index in [1.165, 1.54) is 25.7 Å². The van der Waals surface area contributed by atoms with Crippen molar-refractivity contribution in [1.82, 2.24) is 5.32 Å². The number of hydrogen-bond acceptors (Lipinski definition) is 3. The van der Waals surface area contributed by atoms with Crippen molar-refractivity contribution in [3.63, 3.8) is 0 Å². The minimum atomic E-state index is 0.0418. The Balaban J connectivity index is 1.52. The molecule has 0 aromatic rings. The van der Waals surface area contributed by atoms with Crippen molar-refractivity contribution >= 4 is 5.91 Å². The summed E-state index contributed by atoms with van der Waals surface area (Å²) in [7, 11) is 0. The molecule has 3 rings (SSSR count). The molecule has 4 nitrogen and oxygen atoms in total. The largest absolute Gasteiger partial charge is 0.376 e. The van der Waals surface area contributed by atoms with E-state index < -0.39 is 0 Å². The fourth-order valence-corrected chi connectivity index (χ4v) is 3.87. The highest BCUT2D eigenvalue weighted by Crippen LogP contribution is 2.55. The summed E-state index contributed by atoms with van der Waals surface area (Å²) in [4.78, 5) is 12.2. The van der Waals surface area contributed by atoms with Crippen molar-refractivity contribution in [2.24, 2.45) is 23.5 Å². The molecule has 3 aliphatic carbocycles. The Morgan fingerprint density at radius 1 is 1.33 bits per heavy atom. The van der Waals surface area contributed by atoms with Crippen molar-refractivity contribution in [2.45, 2.75) is 57.2 Å². The van der Waals surface area contributed by atoms with E-state index in [2.05, 4.69) is 5.32 Å². The van der Waals surface area contributed by atoms with Crippen LogP contribution < -0.4 is 11.1 Å². The quantitative estimate of drug-likeness (QED) is 0.786. The number of ether oxygens (including phenoxy) is 1. The molecule has 4 heteroatoms. The normalized spacial score (nSPS) is 45.9. The van der Waals surface area contributed by atoms with Crippen molar-refractivity contribution in [1.29, 1.82) is 0 Å². The molecule has 0 spiro atoms. The molecule has 102 valence electrons. The Morgan fingerprint density at radius 2 is 2.00 bits per heavy atom. The van der Waals surface area contributed by atoms with Crippen LogP contribution in [-0.2, 0) is 9.53 Å². The van der Waals surface area contributed by atoms with Gasteiger partial charge in [0.2, 0.25) is 5.91 Å². The molecule has 0 heterocycles. The van der Waals surface area contributed by atoms with Crippen LogP contribution >= 0.6 is 0 Å². The van der Waals surface area contributed by atoms with Crippen LogP contribution in [0.4, 0.5) is 0 Å². The SMILES string of the molecule is CCOC1CC(N)C1NC(=O)C1C2CCCCC21. The minimum Gasteiger partial charge on any atom is -0.376 e. The number of nitrogens with two attached hydrogens (primary N) is 1. The highest BCUT2D eigenvalue weighted by atomic mass is 16.5. The van der Waals surface area contributed by atoms with Crippen molar-refractivity contribution in [3.8, 4) is 0 Å². The lowest BCUT2D eigenvalue weighted by Gasteiger charge is -2.42. The van der Waals surface area contributed by atoms with E-state index in [1.807, 2.05) is 6.92 Å². The third-order valence-corrected chi connectivity index (χ3v) is 5.02. The Labute approximate surface area is 109 Å². The molecule has 3 saturated carbocycles. The number of carbonyl (C=O) groups is 1. The van der Waals surface area contributed by atoms with Crippen molar-refractivity contribution in [2.75, 3.05) is 6.61 Å². The second-order valence-corrected chi connectivity index (χ2v) is 6.07. The van der Waals surface area contributed by atoms with E-state index in [-0.39, 0.29) is 30.0 Å². The Bertz CT molecular complexity index is 320. The molecular weight excluding hydrogens is 228 g/mol. The maximum atomic E-state index is 12.2. The van der Waals surface area contributed by atoms with E-state index in [0.29, 0.717) is 18.4 Å². The molecule has 5 unspecified atom stereocenters. The molecule has 0 radical (unpaired) electrons. The van der Waals surface area contributed by atoms with Gasteiger partial charge in [-0.3, -0.25) is 4.79 Å². The summed E-state index contributed by atoms with van der Waals surface area (Å²) in [5, 5.41) is 3.13. The lowest BCUT2D eigenvalue weighted by atomic mass is 9.83. The van der Waals surface area contributed by atoms with Gasteiger partial charge in [-0.2, -0.15) is 0 Å². The highest BCUT2D eigenvalue weighted by Gasteiger charge is 2.55. The van der Waals surface area contributed by atoms with Crippen LogP contribution in [0.25, 0.3) is 0 Å². The number of fused-ring (bicyclic) bond motifs is 1. The summed E-state index contributed by atoms with van der Waals surface area (Å²) < 4.78 is 5.59. The summed E-state index contributed by atoms with van der Waals surface area (Å²) in [5.41, 5.74) is 5.96. The van der Waals surface area contributed by atoms with Gasteiger partial charge in [-0.05, 0) is 38.0 Å². The van der Waals surface area contributed by atoms with E-state index in [9.17, 15) is 4.79 Å². The molecule has 0 aromatic carbocycles. The predicted octanol–water partition coefficient (Wildman–Crippen LogP) is 1.04. The molecule has 0 aliphatic heterocycles. The smallest absolute Gasteiger partial charge is 0.224 e. The van der Waals surface area contributed by atoms with Crippen LogP contribution in [0.5, 0.6) is 0 Å². The van der Waals surface area contributed by atoms with Crippen LogP contribution in [0, 0.1) is 17.8 Å². The molecular formula is C14H24N2O2. The molecule has 3 fully saturated rings. The van der Waals surface area contributed by atoms with E-state index in [4.69, 9.17) is 10.5 Å². The van der Waals surface area contributed by atoms with Crippen molar-refractivity contribution in [3.05, 3.63) is 0 Å². The van der Waals surface area contributed by atoms with Gasteiger partial charge in [0.1, 0.15) is 0 Å². The average Bonchev–Trinajstić information content (AvgIpc) is 3.10. The summed E-state index contributed by atoms with van der Waals surface area (Å²) in [5.74, 6) is 1.85. The van der Waals surface area contributed by atoms with Gasteiger partial charge in [0.15, 0.2) is 0 Å².